The predicted molar refractivity (Wildman–Crippen MR) is 86.4 cm³/mol. The molecule has 0 saturated heterocycles. The van der Waals surface area contributed by atoms with E-state index in [1.54, 1.807) is 12.1 Å². The van der Waals surface area contributed by atoms with Gasteiger partial charge in [0.25, 0.3) is 0 Å². The second kappa shape index (κ2) is 6.83. The van der Waals surface area contributed by atoms with Gasteiger partial charge >= 0.3 is 0 Å². The van der Waals surface area contributed by atoms with Crippen molar-refractivity contribution < 1.29 is 4.74 Å². The first-order valence-electron chi connectivity index (χ1n) is 5.59. The van der Waals surface area contributed by atoms with Crippen LogP contribution in [0.5, 0.6) is 5.75 Å². The van der Waals surface area contributed by atoms with Crippen molar-refractivity contribution in [2.24, 2.45) is 11.3 Å². The first kappa shape index (κ1) is 16.6. The summed E-state index contributed by atoms with van der Waals surface area (Å²) in [5.41, 5.74) is 0.176. The lowest BCUT2D eigenvalue weighted by Crippen LogP contribution is -2.27. The summed E-state index contributed by atoms with van der Waals surface area (Å²) in [5, 5.41) is 2.05. The van der Waals surface area contributed by atoms with Gasteiger partial charge in [0.15, 0.2) is 0 Å². The molecule has 0 radical (unpaired) electrons. The summed E-state index contributed by atoms with van der Waals surface area (Å²) in [6.45, 7) is 7.18. The fraction of sp³-hybridized carbons (Fsp3) is 0.538. The molecule has 0 saturated carbocycles. The third kappa shape index (κ3) is 4.59. The molecular weight excluding hydrogens is 403 g/mol. The van der Waals surface area contributed by atoms with Crippen LogP contribution in [0.25, 0.3) is 0 Å². The molecule has 1 unspecified atom stereocenters. The van der Waals surface area contributed by atoms with Crippen LogP contribution in [0, 0.1) is 11.3 Å². The zero-order chi connectivity index (χ0) is 13.9. The van der Waals surface area contributed by atoms with Crippen LogP contribution >= 0.6 is 55.1 Å². The summed E-state index contributed by atoms with van der Waals surface area (Å²) >= 11 is 19.0. The maximum atomic E-state index is 6.12. The molecule has 1 nitrogen and oxygen atoms in total. The number of hydrogen-bond acceptors (Lipinski definition) is 1. The minimum Gasteiger partial charge on any atom is -0.492 e. The highest BCUT2D eigenvalue weighted by Gasteiger charge is 2.24. The number of rotatable bonds is 4. The molecule has 18 heavy (non-hydrogen) atoms. The van der Waals surface area contributed by atoms with Gasteiger partial charge in [-0.2, -0.15) is 0 Å². The Morgan fingerprint density at radius 3 is 2.33 bits per heavy atom. The standard InChI is InChI=1S/C13H16Br2Cl2O/c1-13(2,3)8(6-14)7-18-12-5-10(16)9(15)4-11(12)17/h4-5,8H,6-7H2,1-3H3. The molecule has 1 aromatic carbocycles. The van der Waals surface area contributed by atoms with Gasteiger partial charge in [0.1, 0.15) is 5.75 Å². The summed E-state index contributed by atoms with van der Waals surface area (Å²) in [4.78, 5) is 0. The fourth-order valence-electron chi connectivity index (χ4n) is 1.33. The van der Waals surface area contributed by atoms with Gasteiger partial charge in [-0.05, 0) is 27.4 Å². The molecular formula is C13H16Br2Cl2O. The first-order chi connectivity index (χ1) is 8.25. The Kier molecular flexibility index (Phi) is 6.30. The third-order valence-electron chi connectivity index (χ3n) is 2.83. The summed E-state index contributed by atoms with van der Waals surface area (Å²) in [6.07, 6.45) is 0. The average Bonchev–Trinajstić information content (AvgIpc) is 2.24. The number of benzene rings is 1. The van der Waals surface area contributed by atoms with E-state index in [1.807, 2.05) is 0 Å². The van der Waals surface area contributed by atoms with Gasteiger partial charge in [0, 0.05) is 21.8 Å². The van der Waals surface area contributed by atoms with Crippen molar-refractivity contribution in [1.82, 2.24) is 0 Å². The topological polar surface area (TPSA) is 9.23 Å². The number of hydrogen-bond donors (Lipinski definition) is 0. The molecule has 1 atom stereocenters. The van der Waals surface area contributed by atoms with E-state index in [4.69, 9.17) is 27.9 Å². The van der Waals surface area contributed by atoms with Gasteiger partial charge in [-0.15, -0.1) is 0 Å². The molecule has 1 aromatic rings. The summed E-state index contributed by atoms with van der Waals surface area (Å²) in [6, 6.07) is 3.49. The van der Waals surface area contributed by atoms with E-state index < -0.39 is 0 Å². The lowest BCUT2D eigenvalue weighted by molar-refractivity contribution is 0.166. The lowest BCUT2D eigenvalue weighted by Gasteiger charge is -2.29. The Morgan fingerprint density at radius 1 is 1.22 bits per heavy atom. The van der Waals surface area contributed by atoms with Crippen LogP contribution in [0.2, 0.25) is 10.0 Å². The molecule has 0 aliphatic rings. The summed E-state index contributed by atoms with van der Waals surface area (Å²) < 4.78 is 6.56. The van der Waals surface area contributed by atoms with E-state index in [9.17, 15) is 0 Å². The molecule has 0 spiro atoms. The fourth-order valence-corrected chi connectivity index (χ4v) is 3.34. The molecule has 102 valence electrons. The van der Waals surface area contributed by atoms with E-state index in [1.165, 1.54) is 0 Å². The van der Waals surface area contributed by atoms with Crippen LogP contribution in [0.15, 0.2) is 16.6 Å². The number of ether oxygens (including phenoxy) is 1. The lowest BCUT2D eigenvalue weighted by atomic mass is 9.83. The molecule has 0 aliphatic heterocycles. The van der Waals surface area contributed by atoms with Gasteiger partial charge in [-0.25, -0.2) is 0 Å². The van der Waals surface area contributed by atoms with E-state index in [0.717, 1.165) is 9.80 Å². The molecule has 5 heteroatoms. The van der Waals surface area contributed by atoms with E-state index in [-0.39, 0.29) is 5.41 Å². The van der Waals surface area contributed by atoms with Gasteiger partial charge in [0.05, 0.1) is 16.7 Å². The SMILES string of the molecule is CC(C)(C)C(CBr)COc1cc(Cl)c(Br)cc1Cl. The Morgan fingerprint density at radius 2 is 1.83 bits per heavy atom. The zero-order valence-electron chi connectivity index (χ0n) is 10.6. The largest absolute Gasteiger partial charge is 0.492 e. The Balaban J connectivity index is 2.77. The number of alkyl halides is 1. The van der Waals surface area contributed by atoms with Gasteiger partial charge < -0.3 is 4.74 Å². The number of halogens is 4. The van der Waals surface area contributed by atoms with E-state index in [0.29, 0.717) is 28.3 Å². The smallest absolute Gasteiger partial charge is 0.139 e. The highest BCUT2D eigenvalue weighted by atomic mass is 79.9. The van der Waals surface area contributed by atoms with Crippen molar-refractivity contribution in [2.75, 3.05) is 11.9 Å². The zero-order valence-corrected chi connectivity index (χ0v) is 15.3. The quantitative estimate of drug-likeness (QED) is 0.418. The van der Waals surface area contributed by atoms with Crippen LogP contribution in [0.1, 0.15) is 20.8 Å². The van der Waals surface area contributed by atoms with Crippen LogP contribution in [0.4, 0.5) is 0 Å². The van der Waals surface area contributed by atoms with E-state index >= 15 is 0 Å². The molecule has 0 heterocycles. The van der Waals surface area contributed by atoms with Crippen molar-refractivity contribution in [3.63, 3.8) is 0 Å². The van der Waals surface area contributed by atoms with Crippen LogP contribution < -0.4 is 4.74 Å². The second-order valence-electron chi connectivity index (χ2n) is 5.22. The normalized spacial score (nSPS) is 13.5. The van der Waals surface area contributed by atoms with Crippen LogP contribution in [0.3, 0.4) is 0 Å². The Bertz CT molecular complexity index is 416. The minimum absolute atomic E-state index is 0.176. The van der Waals surface area contributed by atoms with Crippen molar-refractivity contribution in [2.45, 2.75) is 20.8 Å². The molecule has 0 aromatic heterocycles. The van der Waals surface area contributed by atoms with Gasteiger partial charge in [-0.1, -0.05) is 59.9 Å². The molecule has 0 bridgehead atoms. The van der Waals surface area contributed by atoms with Crippen LogP contribution in [-0.4, -0.2) is 11.9 Å². The molecule has 0 aliphatic carbocycles. The first-order valence-corrected chi connectivity index (χ1v) is 8.26. The van der Waals surface area contributed by atoms with E-state index in [2.05, 4.69) is 52.6 Å². The van der Waals surface area contributed by atoms with Crippen molar-refractivity contribution in [1.29, 1.82) is 0 Å². The minimum atomic E-state index is 0.176. The van der Waals surface area contributed by atoms with Gasteiger partial charge in [-0.3, -0.25) is 0 Å². The predicted octanol–water partition coefficient (Wildman–Crippen LogP) is 6.19. The van der Waals surface area contributed by atoms with Gasteiger partial charge in [0.2, 0.25) is 0 Å². The third-order valence-corrected chi connectivity index (χ3v) is 5.10. The van der Waals surface area contributed by atoms with Crippen molar-refractivity contribution in [3.05, 3.63) is 26.7 Å². The second-order valence-corrected chi connectivity index (χ2v) is 7.54. The maximum absolute atomic E-state index is 6.12. The molecule has 1 rings (SSSR count). The Hall–Kier alpha value is 0.560. The van der Waals surface area contributed by atoms with Crippen molar-refractivity contribution >= 4 is 55.1 Å². The molecule has 0 fully saturated rings. The molecule has 0 amide bonds. The Labute approximate surface area is 135 Å². The average molecular weight is 419 g/mol. The summed E-state index contributed by atoms with van der Waals surface area (Å²) in [5.74, 6) is 1.02. The molecule has 0 N–H and O–H groups in total. The monoisotopic (exact) mass is 416 g/mol. The highest BCUT2D eigenvalue weighted by molar-refractivity contribution is 9.10. The maximum Gasteiger partial charge on any atom is 0.139 e. The van der Waals surface area contributed by atoms with Crippen molar-refractivity contribution in [3.8, 4) is 5.75 Å². The van der Waals surface area contributed by atoms with Crippen LogP contribution in [-0.2, 0) is 0 Å². The highest BCUT2D eigenvalue weighted by Crippen LogP contribution is 2.35. The summed E-state index contributed by atoms with van der Waals surface area (Å²) in [7, 11) is 0.